The summed E-state index contributed by atoms with van der Waals surface area (Å²) in [5, 5.41) is 0. The van der Waals surface area contributed by atoms with Crippen molar-refractivity contribution in [3.8, 4) is 0 Å². The van der Waals surface area contributed by atoms with E-state index in [0.29, 0.717) is 6.61 Å². The highest BCUT2D eigenvalue weighted by molar-refractivity contribution is 5.65. The fraction of sp³-hybridized carbons (Fsp3) is 0.650. The molecule has 0 unspecified atom stereocenters. The van der Waals surface area contributed by atoms with Crippen LogP contribution in [-0.4, -0.2) is 12.6 Å². The summed E-state index contributed by atoms with van der Waals surface area (Å²) in [7, 11) is 0. The third kappa shape index (κ3) is 20.6. The van der Waals surface area contributed by atoms with E-state index in [4.69, 9.17) is 4.89 Å². The lowest BCUT2D eigenvalue weighted by atomic mass is 10.2. The number of hydrogen-bond acceptors (Lipinski definition) is 3. The Morgan fingerprint density at radius 1 is 0.783 bits per heavy atom. The molecule has 0 N–H and O–H groups in total. The average Bonchev–Trinajstić information content (AvgIpc) is 2.53. The minimum atomic E-state index is -0.395. The molecule has 0 aromatic heterocycles. The second kappa shape index (κ2) is 18.7. The van der Waals surface area contributed by atoms with Crippen LogP contribution >= 0.6 is 0 Å². The normalized spacial score (nSPS) is 11.9. The summed E-state index contributed by atoms with van der Waals surface area (Å²) in [5.74, 6) is -0.395. The monoisotopic (exact) mass is 322 g/mol. The molecular weight excluding hydrogens is 288 g/mol. The van der Waals surface area contributed by atoms with Crippen LogP contribution in [0.15, 0.2) is 36.5 Å². The predicted octanol–water partition coefficient (Wildman–Crippen LogP) is 6.07. The Balaban J connectivity index is 3.27. The van der Waals surface area contributed by atoms with E-state index in [2.05, 4.69) is 48.3 Å². The van der Waals surface area contributed by atoms with Crippen LogP contribution < -0.4 is 0 Å². The molecule has 23 heavy (non-hydrogen) atoms. The molecule has 0 aromatic rings. The zero-order valence-corrected chi connectivity index (χ0v) is 15.0. The lowest BCUT2D eigenvalue weighted by molar-refractivity contribution is -0.270. The van der Waals surface area contributed by atoms with E-state index < -0.39 is 5.97 Å². The highest BCUT2D eigenvalue weighted by Gasteiger charge is 1.93. The topological polar surface area (TPSA) is 35.5 Å². The molecule has 0 spiro atoms. The van der Waals surface area contributed by atoms with Crippen molar-refractivity contribution in [2.75, 3.05) is 6.61 Å². The minimum Gasteiger partial charge on any atom is -0.299 e. The Morgan fingerprint density at radius 2 is 1.35 bits per heavy atom. The maximum absolute atomic E-state index is 10.5. The van der Waals surface area contributed by atoms with Crippen LogP contribution in [0.5, 0.6) is 0 Å². The van der Waals surface area contributed by atoms with Crippen molar-refractivity contribution in [2.45, 2.75) is 78.1 Å². The third-order valence-corrected chi connectivity index (χ3v) is 3.29. The van der Waals surface area contributed by atoms with E-state index in [1.807, 2.05) is 0 Å². The molecule has 3 nitrogen and oxygen atoms in total. The van der Waals surface area contributed by atoms with Gasteiger partial charge in [0.25, 0.3) is 0 Å². The summed E-state index contributed by atoms with van der Waals surface area (Å²) in [6, 6.07) is 0. The van der Waals surface area contributed by atoms with Gasteiger partial charge in [0, 0.05) is 6.92 Å². The number of carbonyl (C=O) groups excluding carboxylic acids is 1. The summed E-state index contributed by atoms with van der Waals surface area (Å²) in [6.07, 6.45) is 24.9. The Labute approximate surface area is 142 Å². The number of rotatable bonds is 15. The van der Waals surface area contributed by atoms with Crippen molar-refractivity contribution >= 4 is 5.97 Å². The van der Waals surface area contributed by atoms with Gasteiger partial charge in [0.2, 0.25) is 0 Å². The molecule has 0 aromatic carbocycles. The highest BCUT2D eigenvalue weighted by Crippen LogP contribution is 2.03. The molecule has 0 saturated carbocycles. The van der Waals surface area contributed by atoms with E-state index in [-0.39, 0.29) is 0 Å². The molecule has 0 fully saturated rings. The molecule has 0 bridgehead atoms. The molecule has 0 aliphatic carbocycles. The smallest absolute Gasteiger partial charge is 0.299 e. The lowest BCUT2D eigenvalue weighted by Gasteiger charge is -2.00. The maximum Gasteiger partial charge on any atom is 0.339 e. The molecule has 132 valence electrons. The first-order valence-corrected chi connectivity index (χ1v) is 9.02. The van der Waals surface area contributed by atoms with Crippen molar-refractivity contribution in [1.82, 2.24) is 0 Å². The summed E-state index contributed by atoms with van der Waals surface area (Å²) in [5.41, 5.74) is 0. The number of carbonyl (C=O) groups is 1. The molecule has 3 heteroatoms. The van der Waals surface area contributed by atoms with Gasteiger partial charge < -0.3 is 0 Å². The summed E-state index contributed by atoms with van der Waals surface area (Å²) >= 11 is 0. The van der Waals surface area contributed by atoms with Crippen molar-refractivity contribution in [2.24, 2.45) is 0 Å². The van der Waals surface area contributed by atoms with Crippen LogP contribution in [-0.2, 0) is 14.6 Å². The van der Waals surface area contributed by atoms with Gasteiger partial charge in [-0.25, -0.2) is 4.79 Å². The molecule has 0 heterocycles. The lowest BCUT2D eigenvalue weighted by Crippen LogP contribution is -2.01. The number of allylic oxidation sites excluding steroid dienone is 6. The molecule has 0 radical (unpaired) electrons. The predicted molar refractivity (Wildman–Crippen MR) is 97.0 cm³/mol. The van der Waals surface area contributed by atoms with Gasteiger partial charge in [-0.05, 0) is 44.9 Å². The van der Waals surface area contributed by atoms with Crippen LogP contribution in [0.4, 0.5) is 0 Å². The zero-order chi connectivity index (χ0) is 17.0. The van der Waals surface area contributed by atoms with Gasteiger partial charge in [0.15, 0.2) is 0 Å². The largest absolute Gasteiger partial charge is 0.339 e. The fourth-order valence-corrected chi connectivity index (χ4v) is 2.01. The standard InChI is InChI=1S/C20H34O3/c1-3-4-5-6-7-8-9-10-11-12-13-14-15-16-17-18-19-22-23-20(2)21/h7-8,10-11,13-14H,3-6,9,12,15-19H2,1-2H3. The molecule has 0 aliphatic heterocycles. The summed E-state index contributed by atoms with van der Waals surface area (Å²) < 4.78 is 0. The van der Waals surface area contributed by atoms with Crippen molar-refractivity contribution < 1.29 is 14.6 Å². The van der Waals surface area contributed by atoms with Gasteiger partial charge in [-0.3, -0.25) is 4.89 Å². The fourth-order valence-electron chi connectivity index (χ4n) is 2.01. The van der Waals surface area contributed by atoms with Gasteiger partial charge in [-0.1, -0.05) is 62.6 Å². The van der Waals surface area contributed by atoms with Crippen LogP contribution in [0.1, 0.15) is 78.1 Å². The van der Waals surface area contributed by atoms with Crippen LogP contribution in [0.3, 0.4) is 0 Å². The van der Waals surface area contributed by atoms with Gasteiger partial charge >= 0.3 is 5.97 Å². The SMILES string of the molecule is CCCCCC=CCC=CCC=CCCCCCOOC(C)=O. The Bertz CT molecular complexity index is 343. The van der Waals surface area contributed by atoms with Gasteiger partial charge in [-0.2, -0.15) is 4.89 Å². The van der Waals surface area contributed by atoms with E-state index in [0.717, 1.165) is 38.5 Å². The highest BCUT2D eigenvalue weighted by atomic mass is 17.2. The summed E-state index contributed by atoms with van der Waals surface area (Å²) in [4.78, 5) is 19.6. The van der Waals surface area contributed by atoms with E-state index in [9.17, 15) is 4.79 Å². The summed E-state index contributed by atoms with van der Waals surface area (Å²) in [6.45, 7) is 4.06. The second-order valence-corrected chi connectivity index (χ2v) is 5.63. The Hall–Kier alpha value is -1.35. The second-order valence-electron chi connectivity index (χ2n) is 5.63. The first-order chi connectivity index (χ1) is 11.3. The number of hydrogen-bond donors (Lipinski definition) is 0. The first-order valence-electron chi connectivity index (χ1n) is 9.02. The zero-order valence-electron chi connectivity index (χ0n) is 15.0. The molecule has 0 atom stereocenters. The van der Waals surface area contributed by atoms with Gasteiger partial charge in [0.1, 0.15) is 0 Å². The molecule has 0 rings (SSSR count). The quantitative estimate of drug-likeness (QED) is 0.159. The van der Waals surface area contributed by atoms with Crippen molar-refractivity contribution in [3.63, 3.8) is 0 Å². The first kappa shape index (κ1) is 21.6. The average molecular weight is 322 g/mol. The van der Waals surface area contributed by atoms with Crippen molar-refractivity contribution in [1.29, 1.82) is 0 Å². The van der Waals surface area contributed by atoms with Crippen LogP contribution in [0.2, 0.25) is 0 Å². The molecule has 0 saturated heterocycles. The Kier molecular flexibility index (Phi) is 17.6. The molecule has 0 aliphatic rings. The Morgan fingerprint density at radius 3 is 1.91 bits per heavy atom. The maximum atomic E-state index is 10.5. The molecule has 0 amide bonds. The van der Waals surface area contributed by atoms with Crippen LogP contribution in [0, 0.1) is 0 Å². The van der Waals surface area contributed by atoms with Gasteiger partial charge in [-0.15, -0.1) is 0 Å². The van der Waals surface area contributed by atoms with Crippen molar-refractivity contribution in [3.05, 3.63) is 36.5 Å². The third-order valence-electron chi connectivity index (χ3n) is 3.29. The number of unbranched alkanes of at least 4 members (excludes halogenated alkanes) is 6. The van der Waals surface area contributed by atoms with E-state index in [1.165, 1.54) is 32.6 Å². The van der Waals surface area contributed by atoms with E-state index in [1.54, 1.807) is 0 Å². The van der Waals surface area contributed by atoms with E-state index >= 15 is 0 Å². The minimum absolute atomic E-state index is 0.395. The van der Waals surface area contributed by atoms with Crippen LogP contribution in [0.25, 0.3) is 0 Å². The molecular formula is C20H34O3. The van der Waals surface area contributed by atoms with Gasteiger partial charge in [0.05, 0.1) is 6.61 Å².